The fourth-order valence-corrected chi connectivity index (χ4v) is 2.48. The van der Waals surface area contributed by atoms with Crippen molar-refractivity contribution in [1.82, 2.24) is 4.57 Å². The van der Waals surface area contributed by atoms with Crippen LogP contribution in [0.4, 0.5) is 5.69 Å². The number of aromatic nitrogens is 1. The van der Waals surface area contributed by atoms with E-state index < -0.39 is 0 Å². The summed E-state index contributed by atoms with van der Waals surface area (Å²) in [4.78, 5) is 12.6. The number of benzene rings is 1. The van der Waals surface area contributed by atoms with E-state index in [0.717, 1.165) is 23.1 Å². The smallest absolute Gasteiger partial charge is 0.297 e. The molecule has 0 aliphatic carbocycles. The Morgan fingerprint density at radius 2 is 2.05 bits per heavy atom. The topological polar surface area (TPSA) is 66.5 Å². The van der Waals surface area contributed by atoms with Crippen LogP contribution in [0, 0.1) is 0 Å². The fourth-order valence-electron chi connectivity index (χ4n) is 2.48. The third kappa shape index (κ3) is 2.66. The molecule has 0 aliphatic heterocycles. The van der Waals surface area contributed by atoms with Gasteiger partial charge in [-0.25, -0.2) is 0 Å². The number of anilines is 1. The van der Waals surface area contributed by atoms with Crippen LogP contribution in [0.5, 0.6) is 11.5 Å². The number of hydrogen-bond donors (Lipinski definition) is 1. The van der Waals surface area contributed by atoms with E-state index in [1.807, 2.05) is 32.9 Å². The first-order chi connectivity index (χ1) is 10.6. The van der Waals surface area contributed by atoms with Crippen LogP contribution in [0.1, 0.15) is 27.2 Å². The van der Waals surface area contributed by atoms with E-state index in [-0.39, 0.29) is 11.3 Å². The number of nitrogen functional groups attached to an aromatic ring is 1. The number of aryl methyl sites for hydroxylation is 1. The Morgan fingerprint density at radius 3 is 2.59 bits per heavy atom. The van der Waals surface area contributed by atoms with Gasteiger partial charge in [0.1, 0.15) is 0 Å². The van der Waals surface area contributed by atoms with Crippen molar-refractivity contribution in [3.63, 3.8) is 0 Å². The summed E-state index contributed by atoms with van der Waals surface area (Å²) in [7, 11) is 1.48. The second-order valence-electron chi connectivity index (χ2n) is 4.90. The molecule has 0 saturated heterocycles. The predicted octanol–water partition coefficient (Wildman–Crippen LogP) is 3.30. The predicted molar refractivity (Wildman–Crippen MR) is 89.5 cm³/mol. The Balaban J connectivity index is 2.86. The summed E-state index contributed by atoms with van der Waals surface area (Å²) in [6, 6.07) is 5.44. The van der Waals surface area contributed by atoms with E-state index in [9.17, 15) is 4.79 Å². The molecule has 0 aliphatic rings. The first kappa shape index (κ1) is 15.9. The first-order valence-electron chi connectivity index (χ1n) is 7.40. The largest absolute Gasteiger partial charge is 0.488 e. The van der Waals surface area contributed by atoms with Crippen molar-refractivity contribution in [3.05, 3.63) is 40.4 Å². The molecule has 2 rings (SSSR count). The van der Waals surface area contributed by atoms with Gasteiger partial charge in [-0.05, 0) is 38.1 Å². The molecular formula is C17H22N2O3. The van der Waals surface area contributed by atoms with Gasteiger partial charge >= 0.3 is 0 Å². The number of fused-ring (bicyclic) bond motifs is 1. The molecule has 0 atom stereocenters. The van der Waals surface area contributed by atoms with Crippen molar-refractivity contribution in [2.45, 2.75) is 33.7 Å². The van der Waals surface area contributed by atoms with Crippen molar-refractivity contribution in [2.24, 2.45) is 0 Å². The number of rotatable bonds is 5. The molecule has 0 spiro atoms. The normalized spacial score (nSPS) is 11.7. The Bertz CT molecular complexity index is 776. The number of methoxy groups -OCH3 is 1. The standard InChI is InChI=1S/C17H22N2O3/c1-5-12(6-2)22-15-13-9-8-11(18)10-14(13)19(7-3)17(20)16(15)21-4/h5,8-10H,6-7,18H2,1-4H3. The van der Waals surface area contributed by atoms with Crippen molar-refractivity contribution >= 4 is 16.6 Å². The lowest BCUT2D eigenvalue weighted by Crippen LogP contribution is -2.22. The third-order valence-corrected chi connectivity index (χ3v) is 3.63. The van der Waals surface area contributed by atoms with Crippen molar-refractivity contribution in [1.29, 1.82) is 0 Å². The Hall–Kier alpha value is -2.43. The van der Waals surface area contributed by atoms with Crippen molar-refractivity contribution < 1.29 is 9.47 Å². The van der Waals surface area contributed by atoms with E-state index >= 15 is 0 Å². The number of allylic oxidation sites excluding steroid dienone is 2. The highest BCUT2D eigenvalue weighted by molar-refractivity contribution is 5.90. The SMILES string of the molecule is CC=C(CC)Oc1c(OC)c(=O)n(CC)c2cc(N)ccc12. The minimum absolute atomic E-state index is 0.215. The van der Waals surface area contributed by atoms with Gasteiger partial charge in [0.05, 0.1) is 18.4 Å². The minimum atomic E-state index is -0.218. The maximum Gasteiger partial charge on any atom is 0.297 e. The van der Waals surface area contributed by atoms with Crippen LogP contribution in [0.15, 0.2) is 34.8 Å². The monoisotopic (exact) mass is 302 g/mol. The molecule has 22 heavy (non-hydrogen) atoms. The second kappa shape index (κ2) is 6.56. The summed E-state index contributed by atoms with van der Waals surface area (Å²) in [5.74, 6) is 1.44. The van der Waals surface area contributed by atoms with E-state index in [2.05, 4.69) is 0 Å². The summed E-state index contributed by atoms with van der Waals surface area (Å²) in [5.41, 5.74) is 7.00. The van der Waals surface area contributed by atoms with E-state index in [0.29, 0.717) is 18.0 Å². The average molecular weight is 302 g/mol. The molecule has 0 unspecified atom stereocenters. The zero-order chi connectivity index (χ0) is 16.3. The summed E-state index contributed by atoms with van der Waals surface area (Å²) in [6.45, 7) is 6.33. The van der Waals surface area contributed by atoms with Crippen LogP contribution >= 0.6 is 0 Å². The molecule has 0 saturated carbocycles. The van der Waals surface area contributed by atoms with Gasteiger partial charge < -0.3 is 19.8 Å². The Morgan fingerprint density at radius 1 is 1.32 bits per heavy atom. The molecule has 118 valence electrons. The van der Waals surface area contributed by atoms with E-state index in [4.69, 9.17) is 15.2 Å². The molecule has 0 amide bonds. The van der Waals surface area contributed by atoms with Crippen LogP contribution in [0.2, 0.25) is 0 Å². The zero-order valence-electron chi connectivity index (χ0n) is 13.5. The zero-order valence-corrected chi connectivity index (χ0v) is 13.5. The molecule has 2 aromatic rings. The van der Waals surface area contributed by atoms with Gasteiger partial charge in [-0.1, -0.05) is 6.92 Å². The number of nitrogens with two attached hydrogens (primary N) is 1. The highest BCUT2D eigenvalue weighted by atomic mass is 16.5. The van der Waals surface area contributed by atoms with Crippen LogP contribution in [-0.2, 0) is 6.54 Å². The van der Waals surface area contributed by atoms with E-state index in [1.54, 1.807) is 16.7 Å². The quantitative estimate of drug-likeness (QED) is 0.679. The fraction of sp³-hybridized carbons (Fsp3) is 0.353. The molecule has 0 bridgehead atoms. The maximum absolute atomic E-state index is 12.6. The van der Waals surface area contributed by atoms with Gasteiger partial charge in [0, 0.05) is 24.0 Å². The van der Waals surface area contributed by atoms with E-state index in [1.165, 1.54) is 7.11 Å². The molecule has 1 aromatic carbocycles. The van der Waals surface area contributed by atoms with Crippen molar-refractivity contribution in [2.75, 3.05) is 12.8 Å². The van der Waals surface area contributed by atoms with Crippen molar-refractivity contribution in [3.8, 4) is 11.5 Å². The van der Waals surface area contributed by atoms with Crippen LogP contribution < -0.4 is 20.8 Å². The highest BCUT2D eigenvalue weighted by Gasteiger charge is 2.19. The summed E-state index contributed by atoms with van der Waals surface area (Å²) in [6.07, 6.45) is 2.61. The van der Waals surface area contributed by atoms with Crippen LogP contribution in [0.3, 0.4) is 0 Å². The van der Waals surface area contributed by atoms with Gasteiger partial charge in [-0.2, -0.15) is 0 Å². The third-order valence-electron chi connectivity index (χ3n) is 3.63. The highest BCUT2D eigenvalue weighted by Crippen LogP contribution is 2.35. The molecule has 0 fully saturated rings. The first-order valence-corrected chi connectivity index (χ1v) is 7.40. The van der Waals surface area contributed by atoms with Gasteiger partial charge in [-0.3, -0.25) is 4.79 Å². The second-order valence-corrected chi connectivity index (χ2v) is 4.90. The average Bonchev–Trinajstić information content (AvgIpc) is 2.52. The van der Waals surface area contributed by atoms with Gasteiger partial charge in [0.25, 0.3) is 5.56 Å². The van der Waals surface area contributed by atoms with Gasteiger partial charge in [-0.15, -0.1) is 0 Å². The molecule has 5 heteroatoms. The lowest BCUT2D eigenvalue weighted by Gasteiger charge is -2.17. The minimum Gasteiger partial charge on any atom is -0.488 e. The number of ether oxygens (including phenoxy) is 2. The van der Waals surface area contributed by atoms with Gasteiger partial charge in [0.15, 0.2) is 5.75 Å². The molecule has 1 aromatic heterocycles. The summed E-state index contributed by atoms with van der Waals surface area (Å²) >= 11 is 0. The van der Waals surface area contributed by atoms with Crippen LogP contribution in [-0.4, -0.2) is 11.7 Å². The number of nitrogens with zero attached hydrogens (tertiary/aromatic N) is 1. The molecular weight excluding hydrogens is 280 g/mol. The Kier molecular flexibility index (Phi) is 4.75. The number of hydrogen-bond acceptors (Lipinski definition) is 4. The maximum atomic E-state index is 12.6. The lowest BCUT2D eigenvalue weighted by molar-refractivity contribution is 0.350. The number of pyridine rings is 1. The van der Waals surface area contributed by atoms with Crippen LogP contribution in [0.25, 0.3) is 10.9 Å². The van der Waals surface area contributed by atoms with Gasteiger partial charge in [0.2, 0.25) is 5.75 Å². The molecule has 1 heterocycles. The summed E-state index contributed by atoms with van der Waals surface area (Å²) < 4.78 is 12.9. The lowest BCUT2D eigenvalue weighted by atomic mass is 10.1. The molecule has 0 radical (unpaired) electrons. The summed E-state index contributed by atoms with van der Waals surface area (Å²) in [5, 5.41) is 0.806. The molecule has 5 nitrogen and oxygen atoms in total. The Labute approximate surface area is 130 Å². The molecule has 2 N–H and O–H groups in total.